The number of benzene rings is 1. The molecule has 0 fully saturated rings. The minimum Gasteiger partial charge on any atom is -0.497 e. The number of nitrogens with one attached hydrogen (secondary N) is 3. The topological polar surface area (TPSA) is 91.9 Å². The molecule has 2 aromatic heterocycles. The van der Waals surface area contributed by atoms with Crippen LogP contribution in [0.25, 0.3) is 21.9 Å². The number of amides is 1. The van der Waals surface area contributed by atoms with Gasteiger partial charge in [0.2, 0.25) is 5.91 Å². The highest BCUT2D eigenvalue weighted by Gasteiger charge is 2.12. The molecule has 8 heteroatoms. The van der Waals surface area contributed by atoms with Gasteiger partial charge in [-0.2, -0.15) is 0 Å². The lowest BCUT2D eigenvalue weighted by atomic mass is 10.2. The summed E-state index contributed by atoms with van der Waals surface area (Å²) in [6, 6.07) is 5.58. The summed E-state index contributed by atoms with van der Waals surface area (Å²) in [6.07, 6.45) is 1.84. The fourth-order valence-corrected chi connectivity index (χ4v) is 3.15. The van der Waals surface area contributed by atoms with Gasteiger partial charge in [-0.3, -0.25) is 14.2 Å². The SMILES string of the molecule is CNC(=O)CCCCn1c(=S)[nH]c2c([nH]c3ccc(OC)cc32)c1=O. The van der Waals surface area contributed by atoms with Crippen LogP contribution >= 0.6 is 12.2 Å². The van der Waals surface area contributed by atoms with Crippen molar-refractivity contribution in [1.29, 1.82) is 0 Å². The van der Waals surface area contributed by atoms with Crippen LogP contribution in [0.5, 0.6) is 5.75 Å². The number of aromatic nitrogens is 3. The molecule has 0 saturated heterocycles. The van der Waals surface area contributed by atoms with Crippen molar-refractivity contribution in [3.05, 3.63) is 33.3 Å². The van der Waals surface area contributed by atoms with E-state index in [0.29, 0.717) is 47.4 Å². The molecule has 0 unspecified atom stereocenters. The van der Waals surface area contributed by atoms with E-state index >= 15 is 0 Å². The molecule has 2 heterocycles. The van der Waals surface area contributed by atoms with E-state index in [1.807, 2.05) is 18.2 Å². The van der Waals surface area contributed by atoms with Crippen LogP contribution in [-0.2, 0) is 11.3 Å². The number of carbonyl (C=O) groups excluding carboxylic acids is 1. The quantitative estimate of drug-likeness (QED) is 0.465. The number of hydrogen-bond donors (Lipinski definition) is 3. The van der Waals surface area contributed by atoms with E-state index in [2.05, 4.69) is 15.3 Å². The Hall–Kier alpha value is -2.61. The number of methoxy groups -OCH3 is 1. The van der Waals surface area contributed by atoms with E-state index in [1.54, 1.807) is 14.2 Å². The Balaban J connectivity index is 1.96. The van der Waals surface area contributed by atoms with Crippen LogP contribution in [0.2, 0.25) is 0 Å². The summed E-state index contributed by atoms with van der Waals surface area (Å²) in [5.74, 6) is 0.712. The molecule has 7 nitrogen and oxygen atoms in total. The highest BCUT2D eigenvalue weighted by Crippen LogP contribution is 2.25. The molecule has 0 bridgehead atoms. The van der Waals surface area contributed by atoms with Gasteiger partial charge in [-0.15, -0.1) is 0 Å². The van der Waals surface area contributed by atoms with E-state index in [1.165, 1.54) is 4.57 Å². The van der Waals surface area contributed by atoms with Crippen LogP contribution in [0.3, 0.4) is 0 Å². The molecule has 1 aromatic carbocycles. The summed E-state index contributed by atoms with van der Waals surface area (Å²) >= 11 is 5.36. The molecule has 0 aliphatic carbocycles. The highest BCUT2D eigenvalue weighted by molar-refractivity contribution is 7.71. The number of rotatable bonds is 6. The van der Waals surface area contributed by atoms with Crippen LogP contribution in [0.1, 0.15) is 19.3 Å². The first-order valence-electron chi connectivity index (χ1n) is 8.08. The van der Waals surface area contributed by atoms with Crippen LogP contribution in [0.4, 0.5) is 0 Å². The number of hydrogen-bond acceptors (Lipinski definition) is 4. The Morgan fingerprint density at radius 1 is 1.28 bits per heavy atom. The molecule has 25 heavy (non-hydrogen) atoms. The zero-order valence-electron chi connectivity index (χ0n) is 14.1. The monoisotopic (exact) mass is 360 g/mol. The molecule has 0 saturated carbocycles. The lowest BCUT2D eigenvalue weighted by Gasteiger charge is -2.06. The second-order valence-electron chi connectivity index (χ2n) is 5.80. The van der Waals surface area contributed by atoms with Gasteiger partial charge in [0.15, 0.2) is 4.77 Å². The molecule has 3 aromatic rings. The van der Waals surface area contributed by atoms with Gasteiger partial charge >= 0.3 is 0 Å². The number of aromatic amines is 2. The Kier molecular flexibility index (Phi) is 4.89. The maximum atomic E-state index is 12.8. The number of H-pyrrole nitrogens is 2. The van der Waals surface area contributed by atoms with E-state index in [0.717, 1.165) is 10.9 Å². The molecular weight excluding hydrogens is 340 g/mol. The van der Waals surface area contributed by atoms with Gasteiger partial charge < -0.3 is 20.0 Å². The number of unbranched alkanes of at least 4 members (excludes halogenated alkanes) is 1. The van der Waals surface area contributed by atoms with E-state index in [-0.39, 0.29) is 11.5 Å². The third-order valence-electron chi connectivity index (χ3n) is 4.26. The van der Waals surface area contributed by atoms with Crippen molar-refractivity contribution in [2.24, 2.45) is 0 Å². The third-order valence-corrected chi connectivity index (χ3v) is 4.58. The average molecular weight is 360 g/mol. The first kappa shape index (κ1) is 17.2. The maximum Gasteiger partial charge on any atom is 0.278 e. The van der Waals surface area contributed by atoms with Crippen molar-refractivity contribution in [2.45, 2.75) is 25.8 Å². The van der Waals surface area contributed by atoms with Crippen molar-refractivity contribution >= 4 is 40.1 Å². The second kappa shape index (κ2) is 7.10. The first-order chi connectivity index (χ1) is 12.0. The van der Waals surface area contributed by atoms with Crippen LogP contribution in [0, 0.1) is 4.77 Å². The van der Waals surface area contributed by atoms with E-state index < -0.39 is 0 Å². The molecule has 0 aliphatic rings. The average Bonchev–Trinajstić information content (AvgIpc) is 2.98. The van der Waals surface area contributed by atoms with Crippen molar-refractivity contribution in [3.63, 3.8) is 0 Å². The second-order valence-corrected chi connectivity index (χ2v) is 6.19. The van der Waals surface area contributed by atoms with E-state index in [9.17, 15) is 9.59 Å². The lowest BCUT2D eigenvalue weighted by molar-refractivity contribution is -0.120. The Labute approximate surface area is 149 Å². The van der Waals surface area contributed by atoms with Crippen molar-refractivity contribution in [2.75, 3.05) is 14.2 Å². The zero-order valence-corrected chi connectivity index (χ0v) is 15.0. The normalized spacial score (nSPS) is 11.1. The molecule has 0 spiro atoms. The predicted octanol–water partition coefficient (Wildman–Crippen LogP) is 2.47. The van der Waals surface area contributed by atoms with Gasteiger partial charge in [-0.1, -0.05) is 0 Å². The summed E-state index contributed by atoms with van der Waals surface area (Å²) in [4.78, 5) is 30.4. The minimum absolute atomic E-state index is 0.00229. The maximum absolute atomic E-state index is 12.8. The van der Waals surface area contributed by atoms with Crippen molar-refractivity contribution in [1.82, 2.24) is 19.9 Å². The van der Waals surface area contributed by atoms with Crippen LogP contribution < -0.4 is 15.6 Å². The van der Waals surface area contributed by atoms with E-state index in [4.69, 9.17) is 17.0 Å². The largest absolute Gasteiger partial charge is 0.497 e. The fraction of sp³-hybridized carbons (Fsp3) is 0.353. The smallest absolute Gasteiger partial charge is 0.278 e. The Morgan fingerprint density at radius 2 is 2.08 bits per heavy atom. The molecule has 0 radical (unpaired) electrons. The summed E-state index contributed by atoms with van der Waals surface area (Å²) in [7, 11) is 3.21. The Morgan fingerprint density at radius 3 is 2.80 bits per heavy atom. The van der Waals surface area contributed by atoms with Gasteiger partial charge in [0.1, 0.15) is 11.3 Å². The summed E-state index contributed by atoms with van der Waals surface area (Å²) in [5, 5.41) is 3.45. The van der Waals surface area contributed by atoms with Gasteiger partial charge in [-0.05, 0) is 43.3 Å². The van der Waals surface area contributed by atoms with Gasteiger partial charge in [0, 0.05) is 30.9 Å². The summed E-state index contributed by atoms with van der Waals surface area (Å²) < 4.78 is 7.16. The van der Waals surface area contributed by atoms with Gasteiger partial charge in [0.05, 0.1) is 12.6 Å². The standard InChI is InChI=1S/C17H20N4O3S/c1-18-13(22)5-3-4-8-21-16(23)15-14(20-17(21)25)11-9-10(24-2)6-7-12(11)19-15/h6-7,9,19H,3-5,8H2,1-2H3,(H,18,22)(H,20,25). The number of fused-ring (bicyclic) bond motifs is 3. The number of carbonyl (C=O) groups is 1. The summed E-state index contributed by atoms with van der Waals surface area (Å²) in [5.41, 5.74) is 1.86. The molecular formula is C17H20N4O3S. The Bertz CT molecular complexity index is 1050. The summed E-state index contributed by atoms with van der Waals surface area (Å²) in [6.45, 7) is 0.472. The molecule has 0 aliphatic heterocycles. The lowest BCUT2D eigenvalue weighted by Crippen LogP contribution is -2.23. The zero-order chi connectivity index (χ0) is 18.0. The van der Waals surface area contributed by atoms with Crippen LogP contribution in [-0.4, -0.2) is 34.6 Å². The molecule has 1 amide bonds. The molecule has 0 atom stereocenters. The number of nitrogens with zero attached hydrogens (tertiary/aromatic N) is 1. The van der Waals surface area contributed by atoms with Crippen LogP contribution in [0.15, 0.2) is 23.0 Å². The number of ether oxygens (including phenoxy) is 1. The van der Waals surface area contributed by atoms with Gasteiger partial charge in [0.25, 0.3) is 5.56 Å². The van der Waals surface area contributed by atoms with Crippen molar-refractivity contribution < 1.29 is 9.53 Å². The van der Waals surface area contributed by atoms with Gasteiger partial charge in [-0.25, -0.2) is 0 Å². The molecule has 3 rings (SSSR count). The third kappa shape index (κ3) is 3.30. The molecule has 3 N–H and O–H groups in total. The fourth-order valence-electron chi connectivity index (χ4n) is 2.87. The predicted molar refractivity (Wildman–Crippen MR) is 99.7 cm³/mol. The highest BCUT2D eigenvalue weighted by atomic mass is 32.1. The minimum atomic E-state index is -0.158. The molecule has 132 valence electrons. The first-order valence-corrected chi connectivity index (χ1v) is 8.49. The van der Waals surface area contributed by atoms with Crippen molar-refractivity contribution in [3.8, 4) is 5.75 Å².